The lowest BCUT2D eigenvalue weighted by atomic mass is 10.0. The topological polar surface area (TPSA) is 78.5 Å². The summed E-state index contributed by atoms with van der Waals surface area (Å²) in [6, 6.07) is -0.519. The van der Waals surface area contributed by atoms with Crippen molar-refractivity contribution in [1.29, 1.82) is 0 Å². The highest BCUT2D eigenvalue weighted by Gasteiger charge is 2.45. The molecular formula is C12H21N3O3. The molecule has 2 N–H and O–H groups in total. The Morgan fingerprint density at radius 1 is 1.39 bits per heavy atom. The number of nitrogens with one attached hydrogen (secondary N) is 2. The standard InChI is InChI=1S/C12H21N3O3/c1-6-11(2,3)13-8(16)7-15-9(17)12(4,5)14-10(15)18/h6-7H2,1-5H3,(H,13,16)(H,14,18). The number of rotatable bonds is 4. The molecule has 1 aliphatic heterocycles. The van der Waals surface area contributed by atoms with E-state index in [2.05, 4.69) is 10.6 Å². The van der Waals surface area contributed by atoms with Crippen molar-refractivity contribution >= 4 is 17.8 Å². The Kier molecular flexibility index (Phi) is 3.69. The third kappa shape index (κ3) is 3.00. The summed E-state index contributed by atoms with van der Waals surface area (Å²) in [5.74, 6) is -0.708. The van der Waals surface area contributed by atoms with Gasteiger partial charge in [-0.2, -0.15) is 0 Å². The zero-order valence-electron chi connectivity index (χ0n) is 11.6. The molecule has 1 aliphatic rings. The zero-order chi connectivity index (χ0) is 14.1. The van der Waals surface area contributed by atoms with Crippen molar-refractivity contribution in [3.05, 3.63) is 0 Å². The molecule has 0 bridgehead atoms. The summed E-state index contributed by atoms with van der Waals surface area (Å²) in [4.78, 5) is 36.2. The van der Waals surface area contributed by atoms with Crippen molar-refractivity contribution in [1.82, 2.24) is 15.5 Å². The molecular weight excluding hydrogens is 234 g/mol. The Labute approximate surface area is 107 Å². The van der Waals surface area contributed by atoms with Gasteiger partial charge in [0.25, 0.3) is 5.91 Å². The second-order valence-electron chi connectivity index (χ2n) is 5.73. The minimum absolute atomic E-state index is 0.239. The van der Waals surface area contributed by atoms with Gasteiger partial charge >= 0.3 is 6.03 Å². The average molecular weight is 255 g/mol. The van der Waals surface area contributed by atoms with Crippen molar-refractivity contribution in [3.8, 4) is 0 Å². The van der Waals surface area contributed by atoms with Crippen molar-refractivity contribution in [2.24, 2.45) is 0 Å². The quantitative estimate of drug-likeness (QED) is 0.723. The summed E-state index contributed by atoms with van der Waals surface area (Å²) in [7, 11) is 0. The van der Waals surface area contributed by atoms with Crippen LogP contribution in [0.3, 0.4) is 0 Å². The van der Waals surface area contributed by atoms with Gasteiger partial charge in [-0.05, 0) is 34.1 Å². The van der Waals surface area contributed by atoms with Crippen LogP contribution in [-0.4, -0.2) is 40.4 Å². The molecule has 0 aromatic rings. The van der Waals surface area contributed by atoms with Crippen molar-refractivity contribution < 1.29 is 14.4 Å². The van der Waals surface area contributed by atoms with Crippen LogP contribution in [0.5, 0.6) is 0 Å². The lowest BCUT2D eigenvalue weighted by Gasteiger charge is -2.25. The summed E-state index contributed by atoms with van der Waals surface area (Å²) in [6.45, 7) is 8.72. The van der Waals surface area contributed by atoms with Gasteiger partial charge in [0.1, 0.15) is 12.1 Å². The summed E-state index contributed by atoms with van der Waals surface area (Å²) in [5, 5.41) is 5.32. The summed E-state index contributed by atoms with van der Waals surface area (Å²) in [6.07, 6.45) is 0.768. The van der Waals surface area contributed by atoms with Crippen LogP contribution in [0.2, 0.25) is 0 Å². The summed E-state index contributed by atoms with van der Waals surface area (Å²) in [5.41, 5.74) is -1.27. The molecule has 0 unspecified atom stereocenters. The molecule has 0 radical (unpaired) electrons. The number of carbonyl (C=O) groups is 3. The first-order valence-corrected chi connectivity index (χ1v) is 6.04. The first-order chi connectivity index (χ1) is 8.09. The molecule has 0 aromatic heterocycles. The van der Waals surface area contributed by atoms with Crippen molar-refractivity contribution in [2.75, 3.05) is 6.54 Å². The third-order valence-electron chi connectivity index (χ3n) is 3.11. The summed E-state index contributed by atoms with van der Waals surface area (Å²) < 4.78 is 0. The van der Waals surface area contributed by atoms with Crippen LogP contribution in [0.4, 0.5) is 4.79 Å². The molecule has 6 nitrogen and oxygen atoms in total. The van der Waals surface area contributed by atoms with E-state index in [0.717, 1.165) is 11.3 Å². The van der Waals surface area contributed by atoms with Crippen LogP contribution in [0.15, 0.2) is 0 Å². The highest BCUT2D eigenvalue weighted by atomic mass is 16.2. The molecule has 1 rings (SSSR count). The van der Waals surface area contributed by atoms with Gasteiger partial charge in [-0.1, -0.05) is 6.92 Å². The minimum Gasteiger partial charge on any atom is -0.350 e. The molecule has 0 aromatic carbocycles. The third-order valence-corrected chi connectivity index (χ3v) is 3.11. The molecule has 4 amide bonds. The smallest absolute Gasteiger partial charge is 0.325 e. The molecule has 18 heavy (non-hydrogen) atoms. The van der Waals surface area contributed by atoms with Gasteiger partial charge < -0.3 is 10.6 Å². The van der Waals surface area contributed by atoms with Crippen LogP contribution in [0, 0.1) is 0 Å². The second-order valence-corrected chi connectivity index (χ2v) is 5.73. The molecule has 1 saturated heterocycles. The predicted octanol–water partition coefficient (Wildman–Crippen LogP) is 0.622. The van der Waals surface area contributed by atoms with E-state index in [-0.39, 0.29) is 23.9 Å². The number of amides is 4. The maximum Gasteiger partial charge on any atom is 0.325 e. The lowest BCUT2D eigenvalue weighted by molar-refractivity contribution is -0.134. The number of carbonyl (C=O) groups excluding carboxylic acids is 3. The molecule has 1 heterocycles. The Balaban J connectivity index is 2.66. The largest absolute Gasteiger partial charge is 0.350 e. The Hall–Kier alpha value is -1.59. The number of nitrogens with zero attached hydrogens (tertiary/aromatic N) is 1. The maximum absolute atomic E-state index is 11.9. The molecule has 1 fully saturated rings. The first-order valence-electron chi connectivity index (χ1n) is 6.04. The number of hydrogen-bond donors (Lipinski definition) is 2. The van der Waals surface area contributed by atoms with Crippen molar-refractivity contribution in [2.45, 2.75) is 52.1 Å². The van der Waals surface area contributed by atoms with E-state index in [1.54, 1.807) is 13.8 Å². The summed E-state index contributed by atoms with van der Waals surface area (Å²) >= 11 is 0. The Morgan fingerprint density at radius 2 is 1.94 bits per heavy atom. The SMILES string of the molecule is CCC(C)(C)NC(=O)CN1C(=O)NC(C)(C)C1=O. The van der Waals surface area contributed by atoms with E-state index in [1.807, 2.05) is 20.8 Å². The molecule has 0 atom stereocenters. The van der Waals surface area contributed by atoms with Gasteiger partial charge in [-0.25, -0.2) is 4.79 Å². The highest BCUT2D eigenvalue weighted by Crippen LogP contribution is 2.16. The minimum atomic E-state index is -0.933. The predicted molar refractivity (Wildman–Crippen MR) is 66.8 cm³/mol. The highest BCUT2D eigenvalue weighted by molar-refractivity contribution is 6.08. The van der Waals surface area contributed by atoms with Gasteiger partial charge in [-0.3, -0.25) is 14.5 Å². The lowest BCUT2D eigenvalue weighted by Crippen LogP contribution is -2.49. The fourth-order valence-corrected chi connectivity index (χ4v) is 1.61. The number of hydrogen-bond acceptors (Lipinski definition) is 3. The van der Waals surface area contributed by atoms with E-state index in [9.17, 15) is 14.4 Å². The van der Waals surface area contributed by atoms with Crippen LogP contribution in [0.1, 0.15) is 41.0 Å². The molecule has 0 aliphatic carbocycles. The normalized spacial score (nSPS) is 18.8. The Bertz CT molecular complexity index is 388. The fraction of sp³-hybridized carbons (Fsp3) is 0.750. The van der Waals surface area contributed by atoms with Crippen LogP contribution >= 0.6 is 0 Å². The van der Waals surface area contributed by atoms with Gasteiger partial charge in [0.05, 0.1) is 0 Å². The van der Waals surface area contributed by atoms with Gasteiger partial charge in [0.15, 0.2) is 0 Å². The molecule has 6 heteroatoms. The van der Waals surface area contributed by atoms with Crippen molar-refractivity contribution in [3.63, 3.8) is 0 Å². The average Bonchev–Trinajstić information content (AvgIpc) is 2.40. The van der Waals surface area contributed by atoms with Crippen LogP contribution in [-0.2, 0) is 9.59 Å². The van der Waals surface area contributed by atoms with Crippen LogP contribution in [0.25, 0.3) is 0 Å². The number of urea groups is 1. The van der Waals surface area contributed by atoms with Gasteiger partial charge in [0.2, 0.25) is 5.91 Å². The second kappa shape index (κ2) is 4.59. The van der Waals surface area contributed by atoms with E-state index in [0.29, 0.717) is 0 Å². The molecule has 0 spiro atoms. The van der Waals surface area contributed by atoms with E-state index in [4.69, 9.17) is 0 Å². The number of imide groups is 1. The van der Waals surface area contributed by atoms with Crippen LogP contribution < -0.4 is 10.6 Å². The van der Waals surface area contributed by atoms with E-state index >= 15 is 0 Å². The molecule has 102 valence electrons. The monoisotopic (exact) mass is 255 g/mol. The van der Waals surface area contributed by atoms with E-state index < -0.39 is 11.6 Å². The van der Waals surface area contributed by atoms with Gasteiger partial charge in [0, 0.05) is 5.54 Å². The fourth-order valence-electron chi connectivity index (χ4n) is 1.61. The van der Waals surface area contributed by atoms with E-state index in [1.165, 1.54) is 0 Å². The first kappa shape index (κ1) is 14.5. The van der Waals surface area contributed by atoms with Gasteiger partial charge in [-0.15, -0.1) is 0 Å². The molecule has 0 saturated carbocycles. The maximum atomic E-state index is 11.9. The Morgan fingerprint density at radius 3 is 2.33 bits per heavy atom. The zero-order valence-corrected chi connectivity index (χ0v) is 11.6.